The Balaban J connectivity index is 2.64. The molecule has 0 saturated carbocycles. The first-order valence-corrected chi connectivity index (χ1v) is 5.17. The number of ether oxygens (including phenoxy) is 2. The highest BCUT2D eigenvalue weighted by molar-refractivity contribution is 5.76. The van der Waals surface area contributed by atoms with Gasteiger partial charge in [-0.3, -0.25) is 4.79 Å². The van der Waals surface area contributed by atoms with Gasteiger partial charge >= 0.3 is 5.97 Å². The molecule has 0 aromatic heterocycles. The van der Waals surface area contributed by atoms with Crippen molar-refractivity contribution in [3.63, 3.8) is 0 Å². The maximum Gasteiger partial charge on any atom is 0.311 e. The number of carbonyl (C=O) groups excluding carboxylic acids is 1. The Morgan fingerprint density at radius 2 is 2.14 bits per heavy atom. The van der Waals surface area contributed by atoms with Gasteiger partial charge in [0.15, 0.2) is 0 Å². The Kier molecular flexibility index (Phi) is 3.53. The third-order valence-electron chi connectivity index (χ3n) is 3.35. The van der Waals surface area contributed by atoms with Gasteiger partial charge in [0.05, 0.1) is 25.7 Å². The predicted octanol–water partition coefficient (Wildman–Crippen LogP) is 1.86. The zero-order valence-corrected chi connectivity index (χ0v) is 9.50. The smallest absolute Gasteiger partial charge is 0.311 e. The van der Waals surface area contributed by atoms with E-state index in [1.54, 1.807) is 0 Å². The normalized spacial score (nSPS) is 21.5. The molecule has 1 aliphatic heterocycles. The van der Waals surface area contributed by atoms with E-state index < -0.39 is 0 Å². The molecule has 3 nitrogen and oxygen atoms in total. The first-order valence-electron chi connectivity index (χ1n) is 5.17. The second-order valence-corrected chi connectivity index (χ2v) is 4.67. The molecular formula is C11H20O3. The Morgan fingerprint density at radius 1 is 1.57 bits per heavy atom. The molecule has 14 heavy (non-hydrogen) atoms. The molecule has 1 fully saturated rings. The third kappa shape index (κ3) is 2.08. The maximum absolute atomic E-state index is 11.7. The summed E-state index contributed by atoms with van der Waals surface area (Å²) >= 11 is 0. The highest BCUT2D eigenvalue weighted by atomic mass is 16.5. The van der Waals surface area contributed by atoms with Crippen LogP contribution in [-0.4, -0.2) is 26.3 Å². The maximum atomic E-state index is 11.7. The molecule has 1 heterocycles. The minimum atomic E-state index is -0.358. The van der Waals surface area contributed by atoms with E-state index in [1.807, 2.05) is 6.92 Å². The van der Waals surface area contributed by atoms with E-state index in [2.05, 4.69) is 13.8 Å². The van der Waals surface area contributed by atoms with Crippen LogP contribution in [0.4, 0.5) is 0 Å². The van der Waals surface area contributed by atoms with Crippen molar-refractivity contribution in [1.82, 2.24) is 0 Å². The van der Waals surface area contributed by atoms with E-state index in [4.69, 9.17) is 9.47 Å². The summed E-state index contributed by atoms with van der Waals surface area (Å²) in [6.07, 6.45) is 0.872. The fourth-order valence-corrected chi connectivity index (χ4v) is 1.79. The Labute approximate surface area is 85.8 Å². The molecule has 1 unspecified atom stereocenters. The van der Waals surface area contributed by atoms with E-state index in [1.165, 1.54) is 7.11 Å². The van der Waals surface area contributed by atoms with Crippen molar-refractivity contribution in [3.05, 3.63) is 0 Å². The van der Waals surface area contributed by atoms with Crippen molar-refractivity contribution in [3.8, 4) is 0 Å². The number of methoxy groups -OCH3 is 1. The molecule has 1 atom stereocenters. The largest absolute Gasteiger partial charge is 0.469 e. The Bertz CT molecular complexity index is 209. The molecule has 0 spiro atoms. The van der Waals surface area contributed by atoms with Gasteiger partial charge in [-0.2, -0.15) is 0 Å². The van der Waals surface area contributed by atoms with Gasteiger partial charge < -0.3 is 9.47 Å². The molecule has 82 valence electrons. The van der Waals surface area contributed by atoms with Gasteiger partial charge in [-0.25, -0.2) is 0 Å². The van der Waals surface area contributed by atoms with Crippen LogP contribution in [0.3, 0.4) is 0 Å². The van der Waals surface area contributed by atoms with E-state index in [0.29, 0.717) is 11.8 Å². The van der Waals surface area contributed by atoms with Gasteiger partial charge in [0.2, 0.25) is 0 Å². The lowest BCUT2D eigenvalue weighted by Gasteiger charge is -2.37. The molecule has 0 N–H and O–H groups in total. The van der Waals surface area contributed by atoms with Crippen LogP contribution in [0.25, 0.3) is 0 Å². The number of hydrogen-bond donors (Lipinski definition) is 0. The molecule has 0 aromatic rings. The fourth-order valence-electron chi connectivity index (χ4n) is 1.79. The minimum Gasteiger partial charge on any atom is -0.469 e. The summed E-state index contributed by atoms with van der Waals surface area (Å²) in [5.74, 6) is 0.733. The zero-order valence-electron chi connectivity index (χ0n) is 9.50. The van der Waals surface area contributed by atoms with Gasteiger partial charge in [-0.1, -0.05) is 13.8 Å². The number of carbonyl (C=O) groups is 1. The van der Waals surface area contributed by atoms with Gasteiger partial charge in [-0.15, -0.1) is 0 Å². The average Bonchev–Trinajstić information content (AvgIpc) is 2.09. The Hall–Kier alpha value is -0.570. The molecule has 3 heteroatoms. The van der Waals surface area contributed by atoms with Gasteiger partial charge in [0, 0.05) is 5.92 Å². The standard InChI is InChI=1S/C11H20O3/c1-8(2)11(3,10(12)13-4)5-9-6-14-7-9/h8-9H,5-7H2,1-4H3. The van der Waals surface area contributed by atoms with Crippen molar-refractivity contribution < 1.29 is 14.3 Å². The topological polar surface area (TPSA) is 35.5 Å². The first-order chi connectivity index (χ1) is 6.50. The number of rotatable bonds is 4. The van der Waals surface area contributed by atoms with Crippen molar-refractivity contribution in [1.29, 1.82) is 0 Å². The lowest BCUT2D eigenvalue weighted by atomic mass is 9.72. The highest BCUT2D eigenvalue weighted by Crippen LogP contribution is 2.37. The molecule has 1 saturated heterocycles. The average molecular weight is 200 g/mol. The van der Waals surface area contributed by atoms with E-state index in [9.17, 15) is 4.79 Å². The van der Waals surface area contributed by atoms with Crippen LogP contribution in [0.15, 0.2) is 0 Å². The van der Waals surface area contributed by atoms with E-state index >= 15 is 0 Å². The van der Waals surface area contributed by atoms with Crippen LogP contribution in [0, 0.1) is 17.3 Å². The highest BCUT2D eigenvalue weighted by Gasteiger charge is 2.41. The van der Waals surface area contributed by atoms with Gasteiger partial charge in [0.1, 0.15) is 0 Å². The van der Waals surface area contributed by atoms with Crippen molar-refractivity contribution >= 4 is 5.97 Å². The molecule has 0 amide bonds. The van der Waals surface area contributed by atoms with Crippen molar-refractivity contribution in [2.75, 3.05) is 20.3 Å². The van der Waals surface area contributed by atoms with Gasteiger partial charge in [0.25, 0.3) is 0 Å². The summed E-state index contributed by atoms with van der Waals surface area (Å²) in [7, 11) is 1.46. The van der Waals surface area contributed by atoms with Crippen molar-refractivity contribution in [2.45, 2.75) is 27.2 Å². The van der Waals surface area contributed by atoms with Crippen LogP contribution < -0.4 is 0 Å². The molecule has 0 aliphatic carbocycles. The van der Waals surface area contributed by atoms with Gasteiger partial charge in [-0.05, 0) is 19.3 Å². The Morgan fingerprint density at radius 3 is 2.43 bits per heavy atom. The fraction of sp³-hybridized carbons (Fsp3) is 0.909. The van der Waals surface area contributed by atoms with Crippen LogP contribution in [-0.2, 0) is 14.3 Å². The van der Waals surface area contributed by atoms with Crippen molar-refractivity contribution in [2.24, 2.45) is 17.3 Å². The SMILES string of the molecule is COC(=O)C(C)(CC1COC1)C(C)C. The lowest BCUT2D eigenvalue weighted by Crippen LogP contribution is -2.41. The minimum absolute atomic E-state index is 0.0978. The lowest BCUT2D eigenvalue weighted by molar-refractivity contribution is -0.159. The molecule has 1 aliphatic rings. The van der Waals surface area contributed by atoms with Crippen LogP contribution in [0.2, 0.25) is 0 Å². The molecule has 0 aromatic carbocycles. The van der Waals surface area contributed by atoms with Crippen LogP contribution in [0.1, 0.15) is 27.2 Å². The van der Waals surface area contributed by atoms with Crippen LogP contribution >= 0.6 is 0 Å². The number of hydrogen-bond acceptors (Lipinski definition) is 3. The summed E-state index contributed by atoms with van der Waals surface area (Å²) in [5.41, 5.74) is -0.358. The monoisotopic (exact) mass is 200 g/mol. The first kappa shape index (κ1) is 11.5. The second-order valence-electron chi connectivity index (χ2n) is 4.67. The zero-order chi connectivity index (χ0) is 10.8. The predicted molar refractivity (Wildman–Crippen MR) is 53.9 cm³/mol. The van der Waals surface area contributed by atoms with Crippen LogP contribution in [0.5, 0.6) is 0 Å². The quantitative estimate of drug-likeness (QED) is 0.650. The summed E-state index contributed by atoms with van der Waals surface area (Å²) in [4.78, 5) is 11.7. The molecule has 0 radical (unpaired) electrons. The molecular weight excluding hydrogens is 180 g/mol. The van der Waals surface area contributed by atoms with E-state index in [-0.39, 0.29) is 11.4 Å². The van der Waals surface area contributed by atoms with E-state index in [0.717, 1.165) is 19.6 Å². The molecule has 0 bridgehead atoms. The number of esters is 1. The molecule has 1 rings (SSSR count). The summed E-state index contributed by atoms with van der Waals surface area (Å²) in [6.45, 7) is 7.70. The summed E-state index contributed by atoms with van der Waals surface area (Å²) in [5, 5.41) is 0. The third-order valence-corrected chi connectivity index (χ3v) is 3.35. The second kappa shape index (κ2) is 4.30. The summed E-state index contributed by atoms with van der Waals surface area (Å²) in [6, 6.07) is 0. The summed E-state index contributed by atoms with van der Waals surface area (Å²) < 4.78 is 9.99.